The van der Waals surface area contributed by atoms with E-state index in [0.29, 0.717) is 38.0 Å². The normalized spacial score (nSPS) is 24.2. The van der Waals surface area contributed by atoms with Crippen molar-refractivity contribution < 1.29 is 14.2 Å². The number of rotatable bonds is 8. The van der Waals surface area contributed by atoms with Crippen LogP contribution in [0.2, 0.25) is 0 Å². The van der Waals surface area contributed by atoms with Gasteiger partial charge in [0.2, 0.25) is 0 Å². The smallest absolute Gasteiger partial charge is 0.191 e. The molecule has 2 aliphatic heterocycles. The molecule has 1 aromatic carbocycles. The number of hydrogen-bond acceptors (Lipinski definition) is 4. The van der Waals surface area contributed by atoms with Crippen molar-refractivity contribution in [3.05, 3.63) is 29.8 Å². The summed E-state index contributed by atoms with van der Waals surface area (Å²) in [4.78, 5) is 4.71. The van der Waals surface area contributed by atoms with Gasteiger partial charge < -0.3 is 24.8 Å². The zero-order chi connectivity index (χ0) is 17.5. The van der Waals surface area contributed by atoms with E-state index in [1.165, 1.54) is 6.42 Å². The molecule has 2 fully saturated rings. The summed E-state index contributed by atoms with van der Waals surface area (Å²) in [6.07, 6.45) is 4.23. The molecule has 146 valence electrons. The minimum atomic E-state index is 0. The van der Waals surface area contributed by atoms with Gasteiger partial charge in [0.05, 0.1) is 31.4 Å². The quantitative estimate of drug-likeness (QED) is 0.262. The van der Waals surface area contributed by atoms with Crippen LogP contribution in [0.1, 0.15) is 31.7 Å². The van der Waals surface area contributed by atoms with Gasteiger partial charge in [-0.25, -0.2) is 4.99 Å². The van der Waals surface area contributed by atoms with Crippen LogP contribution in [0, 0.1) is 0 Å². The van der Waals surface area contributed by atoms with Gasteiger partial charge in [-0.05, 0) is 43.9 Å². The third-order valence-corrected chi connectivity index (χ3v) is 4.67. The van der Waals surface area contributed by atoms with E-state index in [-0.39, 0.29) is 24.0 Å². The second kappa shape index (κ2) is 10.9. The van der Waals surface area contributed by atoms with Gasteiger partial charge in [-0.3, -0.25) is 0 Å². The van der Waals surface area contributed by atoms with Crippen molar-refractivity contribution in [2.75, 3.05) is 26.9 Å². The Balaban J connectivity index is 0.00000243. The van der Waals surface area contributed by atoms with E-state index in [9.17, 15) is 0 Å². The number of nitrogens with zero attached hydrogens (tertiary/aromatic N) is 1. The maximum Gasteiger partial charge on any atom is 0.191 e. The molecule has 0 saturated carbocycles. The van der Waals surface area contributed by atoms with Crippen LogP contribution in [0.4, 0.5) is 0 Å². The third-order valence-electron chi connectivity index (χ3n) is 4.67. The van der Waals surface area contributed by atoms with E-state index in [1.54, 1.807) is 7.11 Å². The van der Waals surface area contributed by atoms with E-state index in [4.69, 9.17) is 19.2 Å². The lowest BCUT2D eigenvalue weighted by atomic mass is 9.96. The molecule has 0 aromatic heterocycles. The van der Waals surface area contributed by atoms with Crippen molar-refractivity contribution >= 4 is 29.9 Å². The monoisotopic (exact) mass is 475 g/mol. The maximum absolute atomic E-state index is 5.91. The second-order valence-corrected chi connectivity index (χ2v) is 6.54. The number of nitrogens with one attached hydrogen (secondary N) is 2. The van der Waals surface area contributed by atoms with E-state index < -0.39 is 0 Å². The molecular weight excluding hydrogens is 445 g/mol. The minimum absolute atomic E-state index is 0. The highest BCUT2D eigenvalue weighted by molar-refractivity contribution is 14.0. The lowest BCUT2D eigenvalue weighted by Gasteiger charge is -2.22. The van der Waals surface area contributed by atoms with Crippen LogP contribution in [0.25, 0.3) is 0 Å². The standard InChI is InChI=1S/C19H29N3O3.HI/c1-3-20-19(22-17-12-16-8-9-18(17)25-16)21-13-14-4-6-15(7-5-14)24-11-10-23-2;/h4-7,16-18H,3,8-13H2,1-2H3,(H2,20,21,22);1H. The van der Waals surface area contributed by atoms with Gasteiger partial charge in [-0.15, -0.1) is 24.0 Å². The average Bonchev–Trinajstić information content (AvgIpc) is 3.24. The Morgan fingerprint density at radius 1 is 1.23 bits per heavy atom. The SMILES string of the molecule is CCNC(=NCc1ccc(OCCOC)cc1)NC1CC2CCC1O2.I. The number of guanidine groups is 1. The van der Waals surface area contributed by atoms with Gasteiger partial charge in [0.1, 0.15) is 12.4 Å². The van der Waals surface area contributed by atoms with Crippen LogP contribution in [-0.4, -0.2) is 51.1 Å². The van der Waals surface area contributed by atoms with Crippen molar-refractivity contribution in [2.45, 2.75) is 51.0 Å². The molecular formula is C19H30IN3O3. The topological polar surface area (TPSA) is 64.1 Å². The van der Waals surface area contributed by atoms with Crippen molar-refractivity contribution in [1.82, 2.24) is 10.6 Å². The van der Waals surface area contributed by atoms with Gasteiger partial charge in [0, 0.05) is 13.7 Å². The molecule has 1 aromatic rings. The highest BCUT2D eigenvalue weighted by Crippen LogP contribution is 2.34. The van der Waals surface area contributed by atoms with Crippen LogP contribution < -0.4 is 15.4 Å². The van der Waals surface area contributed by atoms with E-state index in [2.05, 4.69) is 29.7 Å². The lowest BCUT2D eigenvalue weighted by Crippen LogP contribution is -2.47. The first-order valence-corrected chi connectivity index (χ1v) is 9.19. The Labute approximate surface area is 173 Å². The highest BCUT2D eigenvalue weighted by atomic mass is 127. The molecule has 26 heavy (non-hydrogen) atoms. The summed E-state index contributed by atoms with van der Waals surface area (Å²) >= 11 is 0. The Morgan fingerprint density at radius 3 is 2.65 bits per heavy atom. The summed E-state index contributed by atoms with van der Waals surface area (Å²) in [6, 6.07) is 8.44. The van der Waals surface area contributed by atoms with Crippen LogP contribution in [0.3, 0.4) is 0 Å². The highest BCUT2D eigenvalue weighted by Gasteiger charge is 2.41. The number of fused-ring (bicyclic) bond motifs is 2. The molecule has 0 spiro atoms. The third kappa shape index (κ3) is 5.99. The predicted molar refractivity (Wildman–Crippen MR) is 113 cm³/mol. The number of aliphatic imine (C=N–C) groups is 1. The fourth-order valence-electron chi connectivity index (χ4n) is 3.39. The first kappa shape index (κ1) is 21.2. The zero-order valence-electron chi connectivity index (χ0n) is 15.6. The Hall–Kier alpha value is -1.06. The Kier molecular flexibility index (Phi) is 8.94. The number of benzene rings is 1. The summed E-state index contributed by atoms with van der Waals surface area (Å²) < 4.78 is 16.5. The summed E-state index contributed by atoms with van der Waals surface area (Å²) in [7, 11) is 1.67. The van der Waals surface area contributed by atoms with Crippen LogP contribution >= 0.6 is 24.0 Å². The Morgan fingerprint density at radius 2 is 2.04 bits per heavy atom. The van der Waals surface area contributed by atoms with Crippen molar-refractivity contribution in [3.63, 3.8) is 0 Å². The number of ether oxygens (including phenoxy) is 3. The fourth-order valence-corrected chi connectivity index (χ4v) is 3.39. The van der Waals surface area contributed by atoms with Gasteiger partial charge in [-0.1, -0.05) is 12.1 Å². The van der Waals surface area contributed by atoms with Crippen molar-refractivity contribution in [2.24, 2.45) is 4.99 Å². The summed E-state index contributed by atoms with van der Waals surface area (Å²) in [5, 5.41) is 6.87. The maximum atomic E-state index is 5.91. The molecule has 7 heteroatoms. The molecule has 0 aliphatic carbocycles. The largest absolute Gasteiger partial charge is 0.491 e. The molecule has 2 heterocycles. The molecule has 0 radical (unpaired) electrons. The molecule has 3 rings (SSSR count). The first-order chi connectivity index (χ1) is 12.3. The minimum Gasteiger partial charge on any atom is -0.491 e. The molecule has 3 atom stereocenters. The number of halogens is 1. The molecule has 2 saturated heterocycles. The van der Waals surface area contributed by atoms with Crippen LogP contribution in [0.15, 0.2) is 29.3 Å². The second-order valence-electron chi connectivity index (χ2n) is 6.54. The Bertz CT molecular complexity index is 568. The van der Waals surface area contributed by atoms with Crippen LogP contribution in [0.5, 0.6) is 5.75 Å². The number of methoxy groups -OCH3 is 1. The van der Waals surface area contributed by atoms with Crippen molar-refractivity contribution in [1.29, 1.82) is 0 Å². The van der Waals surface area contributed by atoms with Gasteiger partial charge in [0.25, 0.3) is 0 Å². The molecule has 2 bridgehead atoms. The fraction of sp³-hybridized carbons (Fsp3) is 0.632. The van der Waals surface area contributed by atoms with E-state index >= 15 is 0 Å². The lowest BCUT2D eigenvalue weighted by molar-refractivity contribution is 0.0992. The molecule has 2 aliphatic rings. The molecule has 0 amide bonds. The van der Waals surface area contributed by atoms with E-state index in [0.717, 1.165) is 36.7 Å². The summed E-state index contributed by atoms with van der Waals surface area (Å²) in [6.45, 7) is 4.72. The zero-order valence-corrected chi connectivity index (χ0v) is 17.9. The van der Waals surface area contributed by atoms with Gasteiger partial charge >= 0.3 is 0 Å². The van der Waals surface area contributed by atoms with Gasteiger partial charge in [0.15, 0.2) is 5.96 Å². The molecule has 2 N–H and O–H groups in total. The number of hydrogen-bond donors (Lipinski definition) is 2. The average molecular weight is 475 g/mol. The predicted octanol–water partition coefficient (Wildman–Crippen LogP) is 2.70. The van der Waals surface area contributed by atoms with Gasteiger partial charge in [-0.2, -0.15) is 0 Å². The van der Waals surface area contributed by atoms with E-state index in [1.807, 2.05) is 12.1 Å². The first-order valence-electron chi connectivity index (χ1n) is 9.19. The van der Waals surface area contributed by atoms with Crippen molar-refractivity contribution in [3.8, 4) is 5.75 Å². The summed E-state index contributed by atoms with van der Waals surface area (Å²) in [5.41, 5.74) is 1.15. The summed E-state index contributed by atoms with van der Waals surface area (Å²) in [5.74, 6) is 1.72. The molecule has 6 nitrogen and oxygen atoms in total. The van der Waals surface area contributed by atoms with Crippen LogP contribution in [-0.2, 0) is 16.0 Å². The molecule has 3 unspecified atom stereocenters.